The number of carbonyl (C=O) groups excluding carboxylic acids is 1. The first-order valence-corrected chi connectivity index (χ1v) is 5.77. The molecule has 0 amide bonds. The third-order valence-corrected chi connectivity index (χ3v) is 2.84. The van der Waals surface area contributed by atoms with Crippen LogP contribution >= 0.6 is 0 Å². The fourth-order valence-corrected chi connectivity index (χ4v) is 1.90. The Bertz CT molecular complexity index is 749. The summed E-state index contributed by atoms with van der Waals surface area (Å²) in [5.41, 5.74) is 1.96. The molecule has 5 heteroatoms. The topological polar surface area (TPSA) is 56.5 Å². The summed E-state index contributed by atoms with van der Waals surface area (Å²) in [6, 6.07) is 12.8. The van der Waals surface area contributed by atoms with Gasteiger partial charge < -0.3 is 4.74 Å². The van der Waals surface area contributed by atoms with E-state index in [0.717, 1.165) is 17.6 Å². The van der Waals surface area contributed by atoms with Gasteiger partial charge in [-0.15, -0.1) is 5.10 Å². The van der Waals surface area contributed by atoms with Gasteiger partial charge in [0.15, 0.2) is 17.8 Å². The number of methoxy groups -OCH3 is 1. The number of pyridine rings is 1. The monoisotopic (exact) mass is 253 g/mol. The van der Waals surface area contributed by atoms with Crippen LogP contribution in [-0.4, -0.2) is 28.0 Å². The number of ether oxygens (including phenoxy) is 1. The molecule has 2 aromatic heterocycles. The SMILES string of the molecule is COc1cccc(-c2nc3cccc(C=O)n3n2)c1. The molecule has 0 aliphatic heterocycles. The highest BCUT2D eigenvalue weighted by atomic mass is 16.5. The summed E-state index contributed by atoms with van der Waals surface area (Å²) in [5, 5.41) is 4.35. The van der Waals surface area contributed by atoms with Crippen molar-refractivity contribution in [2.24, 2.45) is 0 Å². The van der Waals surface area contributed by atoms with E-state index in [9.17, 15) is 4.79 Å². The van der Waals surface area contributed by atoms with Gasteiger partial charge in [-0.05, 0) is 24.3 Å². The highest BCUT2D eigenvalue weighted by Gasteiger charge is 2.09. The van der Waals surface area contributed by atoms with Gasteiger partial charge in [0.2, 0.25) is 0 Å². The summed E-state index contributed by atoms with van der Waals surface area (Å²) in [5.74, 6) is 1.31. The van der Waals surface area contributed by atoms with Crippen LogP contribution in [0.3, 0.4) is 0 Å². The maximum Gasteiger partial charge on any atom is 0.182 e. The molecule has 0 radical (unpaired) electrons. The van der Waals surface area contributed by atoms with Gasteiger partial charge in [0.25, 0.3) is 0 Å². The lowest BCUT2D eigenvalue weighted by Gasteiger charge is -2.00. The number of benzene rings is 1. The molecule has 0 saturated carbocycles. The predicted molar refractivity (Wildman–Crippen MR) is 70.4 cm³/mol. The Morgan fingerprint density at radius 1 is 1.21 bits per heavy atom. The van der Waals surface area contributed by atoms with Crippen molar-refractivity contribution in [3.05, 3.63) is 48.2 Å². The summed E-state index contributed by atoms with van der Waals surface area (Å²) in [4.78, 5) is 15.4. The zero-order valence-corrected chi connectivity index (χ0v) is 10.3. The number of aldehydes is 1. The van der Waals surface area contributed by atoms with Crippen molar-refractivity contribution < 1.29 is 9.53 Å². The standard InChI is InChI=1S/C14H11N3O2/c1-19-12-6-2-4-10(8-12)14-15-13-7-3-5-11(9-18)17(13)16-14/h2-9H,1H3. The van der Waals surface area contributed by atoms with Gasteiger partial charge in [-0.3, -0.25) is 4.79 Å². The second kappa shape index (κ2) is 4.53. The molecule has 0 fully saturated rings. The van der Waals surface area contributed by atoms with E-state index in [4.69, 9.17) is 4.74 Å². The van der Waals surface area contributed by atoms with E-state index in [0.29, 0.717) is 17.2 Å². The van der Waals surface area contributed by atoms with E-state index in [1.807, 2.05) is 30.3 Å². The maximum atomic E-state index is 11.0. The lowest BCUT2D eigenvalue weighted by Crippen LogP contribution is -1.96. The van der Waals surface area contributed by atoms with E-state index in [1.165, 1.54) is 4.52 Å². The van der Waals surface area contributed by atoms with Gasteiger partial charge >= 0.3 is 0 Å². The summed E-state index contributed by atoms with van der Waals surface area (Å²) in [7, 11) is 1.61. The number of hydrogen-bond donors (Lipinski definition) is 0. The van der Waals surface area contributed by atoms with Gasteiger partial charge in [-0.1, -0.05) is 18.2 Å². The van der Waals surface area contributed by atoms with Gasteiger partial charge in [0, 0.05) is 5.56 Å². The van der Waals surface area contributed by atoms with E-state index >= 15 is 0 Å². The van der Waals surface area contributed by atoms with Crippen LogP contribution < -0.4 is 4.74 Å². The lowest BCUT2D eigenvalue weighted by atomic mass is 10.2. The van der Waals surface area contributed by atoms with Crippen LogP contribution in [0.5, 0.6) is 5.75 Å². The van der Waals surface area contributed by atoms with Crippen LogP contribution in [-0.2, 0) is 0 Å². The van der Waals surface area contributed by atoms with Crippen molar-refractivity contribution >= 4 is 11.9 Å². The van der Waals surface area contributed by atoms with E-state index in [-0.39, 0.29) is 0 Å². The minimum atomic E-state index is 0.471. The Morgan fingerprint density at radius 3 is 2.84 bits per heavy atom. The van der Waals surface area contributed by atoms with Gasteiger partial charge in [-0.2, -0.15) is 0 Å². The van der Waals surface area contributed by atoms with Crippen molar-refractivity contribution in [1.82, 2.24) is 14.6 Å². The molecule has 94 valence electrons. The van der Waals surface area contributed by atoms with E-state index < -0.39 is 0 Å². The second-order valence-electron chi connectivity index (χ2n) is 4.01. The molecule has 0 bridgehead atoms. The Balaban J connectivity index is 2.17. The Kier molecular flexibility index (Phi) is 2.72. The molecule has 0 N–H and O–H groups in total. The molecule has 0 aliphatic carbocycles. The van der Waals surface area contributed by atoms with Crippen molar-refractivity contribution in [3.8, 4) is 17.1 Å². The summed E-state index contributed by atoms with van der Waals surface area (Å²) in [6.07, 6.45) is 0.761. The fraction of sp³-hybridized carbons (Fsp3) is 0.0714. The van der Waals surface area contributed by atoms with Crippen LogP contribution in [0, 0.1) is 0 Å². The minimum Gasteiger partial charge on any atom is -0.497 e. The molecular weight excluding hydrogens is 242 g/mol. The van der Waals surface area contributed by atoms with Crippen molar-refractivity contribution in [2.45, 2.75) is 0 Å². The van der Waals surface area contributed by atoms with Crippen molar-refractivity contribution in [1.29, 1.82) is 0 Å². The number of rotatable bonds is 3. The minimum absolute atomic E-state index is 0.471. The molecule has 5 nitrogen and oxygen atoms in total. The maximum absolute atomic E-state index is 11.0. The van der Waals surface area contributed by atoms with Crippen LogP contribution in [0.1, 0.15) is 10.5 Å². The average molecular weight is 253 g/mol. The Labute approximate surface area is 109 Å². The molecule has 0 spiro atoms. The Morgan fingerprint density at radius 2 is 2.05 bits per heavy atom. The van der Waals surface area contributed by atoms with Crippen LogP contribution in [0.2, 0.25) is 0 Å². The Hall–Kier alpha value is -2.69. The highest BCUT2D eigenvalue weighted by Crippen LogP contribution is 2.21. The zero-order chi connectivity index (χ0) is 13.2. The molecule has 19 heavy (non-hydrogen) atoms. The van der Waals surface area contributed by atoms with Gasteiger partial charge in [0.05, 0.1) is 7.11 Å². The zero-order valence-electron chi connectivity index (χ0n) is 10.3. The van der Waals surface area contributed by atoms with Crippen LogP contribution in [0.15, 0.2) is 42.5 Å². The smallest absolute Gasteiger partial charge is 0.182 e. The molecule has 0 saturated heterocycles. The molecule has 3 aromatic rings. The summed E-state index contributed by atoms with van der Waals surface area (Å²) >= 11 is 0. The van der Waals surface area contributed by atoms with Gasteiger partial charge in [0.1, 0.15) is 11.4 Å². The molecule has 0 aliphatic rings. The number of aromatic nitrogens is 3. The number of hydrogen-bond acceptors (Lipinski definition) is 4. The molecule has 2 heterocycles. The van der Waals surface area contributed by atoms with Crippen LogP contribution in [0.4, 0.5) is 0 Å². The molecule has 0 atom stereocenters. The number of carbonyl (C=O) groups is 1. The van der Waals surface area contributed by atoms with Crippen molar-refractivity contribution in [3.63, 3.8) is 0 Å². The highest BCUT2D eigenvalue weighted by molar-refractivity contribution is 5.74. The quantitative estimate of drug-likeness (QED) is 0.671. The number of fused-ring (bicyclic) bond motifs is 1. The molecule has 0 unspecified atom stereocenters. The predicted octanol–water partition coefficient (Wildman–Crippen LogP) is 2.22. The molecule has 1 aromatic carbocycles. The third kappa shape index (κ3) is 1.95. The van der Waals surface area contributed by atoms with Crippen molar-refractivity contribution in [2.75, 3.05) is 7.11 Å². The average Bonchev–Trinajstić information content (AvgIpc) is 2.91. The van der Waals surface area contributed by atoms with Gasteiger partial charge in [-0.25, -0.2) is 9.50 Å². The lowest BCUT2D eigenvalue weighted by molar-refractivity contribution is 0.111. The second-order valence-corrected chi connectivity index (χ2v) is 4.01. The number of nitrogens with zero attached hydrogens (tertiary/aromatic N) is 3. The largest absolute Gasteiger partial charge is 0.497 e. The first-order chi connectivity index (χ1) is 9.31. The summed E-state index contributed by atoms with van der Waals surface area (Å²) in [6.45, 7) is 0. The van der Waals surface area contributed by atoms with Crippen LogP contribution in [0.25, 0.3) is 17.0 Å². The first-order valence-electron chi connectivity index (χ1n) is 5.77. The normalized spacial score (nSPS) is 10.6. The fourth-order valence-electron chi connectivity index (χ4n) is 1.90. The molecule has 3 rings (SSSR count). The first kappa shape index (κ1) is 11.4. The van der Waals surface area contributed by atoms with E-state index in [2.05, 4.69) is 10.1 Å². The summed E-state index contributed by atoms with van der Waals surface area (Å²) < 4.78 is 6.71. The van der Waals surface area contributed by atoms with E-state index in [1.54, 1.807) is 19.2 Å². The molecular formula is C14H11N3O2. The third-order valence-electron chi connectivity index (χ3n) is 2.84.